The standard InChI is InChI=1S/C15H23N3/c1-2-8-16-14(3-1)7-10-18-9-6-13(12-18)11-17-15-4-5-15/h1-3,8,13,15,17H,4-7,9-12H2. The summed E-state index contributed by atoms with van der Waals surface area (Å²) in [6.45, 7) is 4.93. The summed E-state index contributed by atoms with van der Waals surface area (Å²) in [7, 11) is 0. The molecule has 0 spiro atoms. The van der Waals surface area contributed by atoms with Gasteiger partial charge in [-0.25, -0.2) is 0 Å². The van der Waals surface area contributed by atoms with E-state index in [0.29, 0.717) is 0 Å². The molecule has 1 aromatic rings. The molecule has 1 saturated carbocycles. The average Bonchev–Trinajstić information content (AvgIpc) is 3.14. The van der Waals surface area contributed by atoms with E-state index in [1.54, 1.807) is 0 Å². The van der Waals surface area contributed by atoms with Gasteiger partial charge in [0.05, 0.1) is 0 Å². The minimum Gasteiger partial charge on any atom is -0.314 e. The Morgan fingerprint density at radius 2 is 2.22 bits per heavy atom. The molecular formula is C15H23N3. The van der Waals surface area contributed by atoms with Crippen molar-refractivity contribution in [3.05, 3.63) is 30.1 Å². The molecule has 3 heteroatoms. The molecule has 0 amide bonds. The van der Waals surface area contributed by atoms with Gasteiger partial charge in [0, 0.05) is 37.4 Å². The summed E-state index contributed by atoms with van der Waals surface area (Å²) in [5, 5.41) is 3.65. The van der Waals surface area contributed by atoms with Crippen molar-refractivity contribution in [1.29, 1.82) is 0 Å². The third-order valence-electron chi connectivity index (χ3n) is 4.05. The molecule has 1 saturated heterocycles. The number of pyridine rings is 1. The SMILES string of the molecule is c1ccc(CCN2CCC(CNC3CC3)C2)nc1. The van der Waals surface area contributed by atoms with Gasteiger partial charge in [0.15, 0.2) is 0 Å². The zero-order chi connectivity index (χ0) is 12.2. The first-order valence-electron chi connectivity index (χ1n) is 7.26. The molecule has 2 heterocycles. The lowest BCUT2D eigenvalue weighted by molar-refractivity contribution is 0.324. The maximum Gasteiger partial charge on any atom is 0.0416 e. The van der Waals surface area contributed by atoms with E-state index >= 15 is 0 Å². The highest BCUT2D eigenvalue weighted by Gasteiger charge is 2.25. The van der Waals surface area contributed by atoms with E-state index in [1.807, 2.05) is 12.3 Å². The van der Waals surface area contributed by atoms with Gasteiger partial charge < -0.3 is 10.2 Å². The molecule has 2 fully saturated rings. The highest BCUT2D eigenvalue weighted by atomic mass is 15.1. The molecule has 0 radical (unpaired) electrons. The van der Waals surface area contributed by atoms with Crippen molar-refractivity contribution >= 4 is 0 Å². The van der Waals surface area contributed by atoms with Crippen molar-refractivity contribution in [1.82, 2.24) is 15.2 Å². The smallest absolute Gasteiger partial charge is 0.0416 e. The largest absolute Gasteiger partial charge is 0.314 e. The Labute approximate surface area is 110 Å². The Morgan fingerprint density at radius 3 is 3.00 bits per heavy atom. The molecule has 1 aliphatic heterocycles. The lowest BCUT2D eigenvalue weighted by Crippen LogP contribution is -2.28. The van der Waals surface area contributed by atoms with Crippen LogP contribution in [-0.2, 0) is 6.42 Å². The third-order valence-corrected chi connectivity index (χ3v) is 4.05. The first-order valence-corrected chi connectivity index (χ1v) is 7.26. The summed E-state index contributed by atoms with van der Waals surface area (Å²) in [6, 6.07) is 7.04. The predicted octanol–water partition coefficient (Wildman–Crippen LogP) is 1.70. The Hall–Kier alpha value is -0.930. The van der Waals surface area contributed by atoms with Gasteiger partial charge in [-0.05, 0) is 50.4 Å². The van der Waals surface area contributed by atoms with Crippen LogP contribution in [-0.4, -0.2) is 42.1 Å². The number of aromatic nitrogens is 1. The highest BCUT2D eigenvalue weighted by molar-refractivity contribution is 5.03. The fourth-order valence-electron chi connectivity index (χ4n) is 2.72. The average molecular weight is 245 g/mol. The van der Waals surface area contributed by atoms with Crippen molar-refractivity contribution in [3.63, 3.8) is 0 Å². The summed E-state index contributed by atoms with van der Waals surface area (Å²) in [4.78, 5) is 6.98. The summed E-state index contributed by atoms with van der Waals surface area (Å²) in [5.74, 6) is 0.870. The van der Waals surface area contributed by atoms with Gasteiger partial charge in [-0.2, -0.15) is 0 Å². The zero-order valence-electron chi connectivity index (χ0n) is 11.0. The van der Waals surface area contributed by atoms with Crippen LogP contribution in [0.25, 0.3) is 0 Å². The van der Waals surface area contributed by atoms with Gasteiger partial charge in [-0.3, -0.25) is 4.98 Å². The second-order valence-electron chi connectivity index (χ2n) is 5.71. The van der Waals surface area contributed by atoms with Crippen molar-refractivity contribution in [2.24, 2.45) is 5.92 Å². The van der Waals surface area contributed by atoms with Crippen LogP contribution in [0.2, 0.25) is 0 Å². The van der Waals surface area contributed by atoms with Crippen molar-refractivity contribution in [3.8, 4) is 0 Å². The Kier molecular flexibility index (Phi) is 3.91. The molecular weight excluding hydrogens is 222 g/mol. The lowest BCUT2D eigenvalue weighted by atomic mass is 10.1. The first kappa shape index (κ1) is 12.1. The number of nitrogens with zero attached hydrogens (tertiary/aromatic N) is 2. The Balaban J connectivity index is 1.36. The number of hydrogen-bond donors (Lipinski definition) is 1. The van der Waals surface area contributed by atoms with Crippen LogP contribution in [0.5, 0.6) is 0 Å². The van der Waals surface area contributed by atoms with Gasteiger partial charge in [-0.1, -0.05) is 6.07 Å². The lowest BCUT2D eigenvalue weighted by Gasteiger charge is -2.16. The van der Waals surface area contributed by atoms with E-state index in [9.17, 15) is 0 Å². The van der Waals surface area contributed by atoms with Gasteiger partial charge >= 0.3 is 0 Å². The number of likely N-dealkylation sites (tertiary alicyclic amines) is 1. The van der Waals surface area contributed by atoms with E-state index in [1.165, 1.54) is 44.6 Å². The van der Waals surface area contributed by atoms with E-state index in [-0.39, 0.29) is 0 Å². The van der Waals surface area contributed by atoms with Crippen LogP contribution in [0.15, 0.2) is 24.4 Å². The molecule has 1 aliphatic carbocycles. The zero-order valence-corrected chi connectivity index (χ0v) is 11.0. The Bertz CT molecular complexity index is 361. The molecule has 1 atom stereocenters. The topological polar surface area (TPSA) is 28.2 Å². The van der Waals surface area contributed by atoms with Crippen LogP contribution in [0.4, 0.5) is 0 Å². The van der Waals surface area contributed by atoms with Crippen LogP contribution in [0.3, 0.4) is 0 Å². The van der Waals surface area contributed by atoms with Gasteiger partial charge in [0.1, 0.15) is 0 Å². The fourth-order valence-corrected chi connectivity index (χ4v) is 2.72. The maximum atomic E-state index is 4.39. The van der Waals surface area contributed by atoms with Crippen molar-refractivity contribution in [2.75, 3.05) is 26.2 Å². The fraction of sp³-hybridized carbons (Fsp3) is 0.667. The molecule has 0 aromatic carbocycles. The van der Waals surface area contributed by atoms with E-state index in [4.69, 9.17) is 0 Å². The normalized spacial score (nSPS) is 24.6. The number of hydrogen-bond acceptors (Lipinski definition) is 3. The van der Waals surface area contributed by atoms with Gasteiger partial charge in [0.2, 0.25) is 0 Å². The van der Waals surface area contributed by atoms with Crippen LogP contribution >= 0.6 is 0 Å². The minimum atomic E-state index is 0.854. The van der Waals surface area contributed by atoms with Crippen LogP contribution in [0, 0.1) is 5.92 Å². The highest BCUT2D eigenvalue weighted by Crippen LogP contribution is 2.21. The molecule has 3 rings (SSSR count). The summed E-state index contributed by atoms with van der Waals surface area (Å²) in [5.41, 5.74) is 1.22. The van der Waals surface area contributed by atoms with Crippen LogP contribution < -0.4 is 5.32 Å². The number of nitrogens with one attached hydrogen (secondary N) is 1. The molecule has 2 aliphatic rings. The third kappa shape index (κ3) is 3.53. The molecule has 3 nitrogen and oxygen atoms in total. The minimum absolute atomic E-state index is 0.854. The summed E-state index contributed by atoms with van der Waals surface area (Å²) < 4.78 is 0. The second-order valence-corrected chi connectivity index (χ2v) is 5.71. The quantitative estimate of drug-likeness (QED) is 0.827. The summed E-state index contributed by atoms with van der Waals surface area (Å²) >= 11 is 0. The van der Waals surface area contributed by atoms with Gasteiger partial charge in [0.25, 0.3) is 0 Å². The molecule has 98 valence electrons. The molecule has 1 unspecified atom stereocenters. The van der Waals surface area contributed by atoms with E-state index in [2.05, 4.69) is 27.3 Å². The molecule has 1 aromatic heterocycles. The monoisotopic (exact) mass is 245 g/mol. The Morgan fingerprint density at radius 1 is 1.28 bits per heavy atom. The van der Waals surface area contributed by atoms with E-state index < -0.39 is 0 Å². The second kappa shape index (κ2) is 5.81. The molecule has 1 N–H and O–H groups in total. The maximum absolute atomic E-state index is 4.39. The van der Waals surface area contributed by atoms with Crippen molar-refractivity contribution in [2.45, 2.75) is 31.7 Å². The first-order chi connectivity index (χ1) is 8.90. The van der Waals surface area contributed by atoms with Crippen molar-refractivity contribution < 1.29 is 0 Å². The predicted molar refractivity (Wildman–Crippen MR) is 73.5 cm³/mol. The molecule has 18 heavy (non-hydrogen) atoms. The molecule has 0 bridgehead atoms. The number of rotatable bonds is 6. The van der Waals surface area contributed by atoms with Crippen LogP contribution in [0.1, 0.15) is 25.0 Å². The summed E-state index contributed by atoms with van der Waals surface area (Å²) in [6.07, 6.45) is 7.14. The van der Waals surface area contributed by atoms with Gasteiger partial charge in [-0.15, -0.1) is 0 Å². The van der Waals surface area contributed by atoms with E-state index in [0.717, 1.165) is 24.9 Å².